The van der Waals surface area contributed by atoms with E-state index >= 15 is 0 Å². The van der Waals surface area contributed by atoms with E-state index in [4.69, 9.17) is 4.74 Å². The second kappa shape index (κ2) is 8.06. The minimum atomic E-state index is -0.0622. The van der Waals surface area contributed by atoms with E-state index in [2.05, 4.69) is 36.2 Å². The fourth-order valence-corrected chi connectivity index (χ4v) is 2.30. The summed E-state index contributed by atoms with van der Waals surface area (Å²) in [5.41, 5.74) is 3.90. The van der Waals surface area contributed by atoms with Gasteiger partial charge in [0.1, 0.15) is 12.4 Å². The first-order chi connectivity index (χ1) is 12.2. The highest BCUT2D eigenvalue weighted by atomic mass is 16.5. The van der Waals surface area contributed by atoms with Gasteiger partial charge in [-0.2, -0.15) is 0 Å². The predicted octanol–water partition coefficient (Wildman–Crippen LogP) is 4.87. The average Bonchev–Trinajstić information content (AvgIpc) is 2.67. The molecule has 3 aromatic rings. The number of ketones is 1. The van der Waals surface area contributed by atoms with E-state index < -0.39 is 0 Å². The van der Waals surface area contributed by atoms with E-state index in [-0.39, 0.29) is 5.78 Å². The van der Waals surface area contributed by atoms with Crippen molar-refractivity contribution < 1.29 is 9.53 Å². The lowest BCUT2D eigenvalue weighted by Gasteiger charge is -2.07. The summed E-state index contributed by atoms with van der Waals surface area (Å²) in [5.74, 6) is 0.740. The number of carbonyl (C=O) groups excluding carboxylic acids is 1. The molecule has 0 atom stereocenters. The van der Waals surface area contributed by atoms with Crippen molar-refractivity contribution in [3.63, 3.8) is 0 Å². The zero-order valence-corrected chi connectivity index (χ0v) is 14.1. The smallest absolute Gasteiger partial charge is 0.187 e. The van der Waals surface area contributed by atoms with Gasteiger partial charge in [-0.1, -0.05) is 48.0 Å². The summed E-state index contributed by atoms with van der Waals surface area (Å²) in [6.07, 6.45) is 6.56. The Kier molecular flexibility index (Phi) is 5.37. The standard InChI is InChI=1S/C22H19NO2/c1-17-4-6-19(7-5-17)16-25-21-11-8-18(9-12-21)10-13-22(24)20-3-2-14-23-15-20/h2-15H,16H2,1H3/b13-10+. The summed E-state index contributed by atoms with van der Waals surface area (Å²) >= 11 is 0. The number of allylic oxidation sites excluding steroid dienone is 1. The Balaban J connectivity index is 1.57. The average molecular weight is 329 g/mol. The zero-order chi connectivity index (χ0) is 17.5. The van der Waals surface area contributed by atoms with E-state index in [1.807, 2.05) is 24.3 Å². The van der Waals surface area contributed by atoms with E-state index in [0.29, 0.717) is 12.2 Å². The summed E-state index contributed by atoms with van der Waals surface area (Å²) in [5, 5.41) is 0. The number of nitrogens with zero attached hydrogens (tertiary/aromatic N) is 1. The molecule has 0 fully saturated rings. The number of hydrogen-bond acceptors (Lipinski definition) is 3. The van der Waals surface area contributed by atoms with Gasteiger partial charge in [0.05, 0.1) is 0 Å². The molecular weight excluding hydrogens is 310 g/mol. The molecule has 0 aliphatic carbocycles. The van der Waals surface area contributed by atoms with Gasteiger partial charge in [-0.3, -0.25) is 9.78 Å². The molecule has 0 amide bonds. The van der Waals surface area contributed by atoms with Gasteiger partial charge in [-0.05, 0) is 48.4 Å². The third-order valence-corrected chi connectivity index (χ3v) is 3.78. The Bertz CT molecular complexity index is 851. The molecule has 0 saturated carbocycles. The first kappa shape index (κ1) is 16.7. The van der Waals surface area contributed by atoms with Gasteiger partial charge in [0.2, 0.25) is 0 Å². The van der Waals surface area contributed by atoms with E-state index in [1.165, 1.54) is 5.56 Å². The normalized spacial score (nSPS) is 10.8. The van der Waals surface area contributed by atoms with Crippen LogP contribution in [0, 0.1) is 6.92 Å². The number of benzene rings is 2. The maximum Gasteiger partial charge on any atom is 0.187 e. The largest absolute Gasteiger partial charge is 0.489 e. The van der Waals surface area contributed by atoms with Gasteiger partial charge >= 0.3 is 0 Å². The van der Waals surface area contributed by atoms with Crippen LogP contribution >= 0.6 is 0 Å². The van der Waals surface area contributed by atoms with E-state index in [0.717, 1.165) is 16.9 Å². The minimum Gasteiger partial charge on any atom is -0.489 e. The molecular formula is C22H19NO2. The van der Waals surface area contributed by atoms with Crippen molar-refractivity contribution in [3.8, 4) is 5.75 Å². The Morgan fingerprint density at radius 3 is 2.48 bits per heavy atom. The summed E-state index contributed by atoms with van der Waals surface area (Å²) in [7, 11) is 0. The number of ether oxygens (including phenoxy) is 1. The predicted molar refractivity (Wildman–Crippen MR) is 99.6 cm³/mol. The lowest BCUT2D eigenvalue weighted by molar-refractivity contribution is 0.104. The first-order valence-corrected chi connectivity index (χ1v) is 8.11. The third kappa shape index (κ3) is 4.88. The highest BCUT2D eigenvalue weighted by Gasteiger charge is 2.01. The quantitative estimate of drug-likeness (QED) is 0.478. The van der Waals surface area contributed by atoms with Crippen LogP contribution in [0.5, 0.6) is 5.75 Å². The number of pyridine rings is 1. The molecule has 1 heterocycles. The maximum absolute atomic E-state index is 12.0. The second-order valence-corrected chi connectivity index (χ2v) is 5.78. The Hall–Kier alpha value is -3.20. The van der Waals surface area contributed by atoms with Crippen molar-refractivity contribution >= 4 is 11.9 Å². The van der Waals surface area contributed by atoms with Crippen LogP contribution in [-0.2, 0) is 6.61 Å². The van der Waals surface area contributed by atoms with Gasteiger partial charge in [0, 0.05) is 18.0 Å². The van der Waals surface area contributed by atoms with Gasteiger partial charge in [-0.15, -0.1) is 0 Å². The molecule has 25 heavy (non-hydrogen) atoms. The topological polar surface area (TPSA) is 39.2 Å². The van der Waals surface area contributed by atoms with Crippen molar-refractivity contribution in [3.05, 3.63) is 101 Å². The van der Waals surface area contributed by atoms with E-state index in [9.17, 15) is 4.79 Å². The van der Waals surface area contributed by atoms with Crippen LogP contribution in [0.25, 0.3) is 6.08 Å². The molecule has 3 nitrogen and oxygen atoms in total. The molecule has 2 aromatic carbocycles. The van der Waals surface area contributed by atoms with Gasteiger partial charge in [-0.25, -0.2) is 0 Å². The lowest BCUT2D eigenvalue weighted by atomic mass is 10.1. The van der Waals surface area contributed by atoms with Crippen LogP contribution in [0.1, 0.15) is 27.0 Å². The molecule has 0 saturated heterocycles. The number of aryl methyl sites for hydroxylation is 1. The minimum absolute atomic E-state index is 0.0622. The number of rotatable bonds is 6. The zero-order valence-electron chi connectivity index (χ0n) is 14.1. The molecule has 3 rings (SSSR count). The first-order valence-electron chi connectivity index (χ1n) is 8.11. The molecule has 0 aliphatic rings. The van der Waals surface area contributed by atoms with Crippen molar-refractivity contribution in [1.29, 1.82) is 0 Å². The van der Waals surface area contributed by atoms with Crippen molar-refractivity contribution in [1.82, 2.24) is 4.98 Å². The third-order valence-electron chi connectivity index (χ3n) is 3.78. The van der Waals surface area contributed by atoms with Gasteiger partial charge in [0.25, 0.3) is 0 Å². The molecule has 1 aromatic heterocycles. The van der Waals surface area contributed by atoms with Crippen LogP contribution in [0.3, 0.4) is 0 Å². The monoisotopic (exact) mass is 329 g/mol. The van der Waals surface area contributed by atoms with Crippen molar-refractivity contribution in [2.75, 3.05) is 0 Å². The fourth-order valence-electron chi connectivity index (χ4n) is 2.30. The van der Waals surface area contributed by atoms with Crippen LogP contribution < -0.4 is 4.74 Å². The van der Waals surface area contributed by atoms with Crippen LogP contribution in [0.15, 0.2) is 79.1 Å². The molecule has 0 unspecified atom stereocenters. The Morgan fingerprint density at radius 2 is 1.80 bits per heavy atom. The van der Waals surface area contributed by atoms with E-state index in [1.54, 1.807) is 36.7 Å². The molecule has 0 spiro atoms. The van der Waals surface area contributed by atoms with Crippen molar-refractivity contribution in [2.24, 2.45) is 0 Å². The van der Waals surface area contributed by atoms with Gasteiger partial charge < -0.3 is 4.74 Å². The molecule has 0 radical (unpaired) electrons. The number of carbonyl (C=O) groups is 1. The summed E-state index contributed by atoms with van der Waals surface area (Å²) in [4.78, 5) is 16.0. The summed E-state index contributed by atoms with van der Waals surface area (Å²) in [6.45, 7) is 2.60. The lowest BCUT2D eigenvalue weighted by Crippen LogP contribution is -1.95. The highest BCUT2D eigenvalue weighted by molar-refractivity contribution is 6.06. The SMILES string of the molecule is Cc1ccc(COc2ccc(/C=C/C(=O)c3cccnc3)cc2)cc1. The number of hydrogen-bond donors (Lipinski definition) is 0. The highest BCUT2D eigenvalue weighted by Crippen LogP contribution is 2.15. The Labute approximate surface area is 147 Å². The van der Waals surface area contributed by atoms with Crippen LogP contribution in [-0.4, -0.2) is 10.8 Å². The summed E-state index contributed by atoms with van der Waals surface area (Å²) in [6, 6.07) is 19.5. The molecule has 0 aliphatic heterocycles. The van der Waals surface area contributed by atoms with Gasteiger partial charge in [0.15, 0.2) is 5.78 Å². The fraction of sp³-hybridized carbons (Fsp3) is 0.0909. The molecule has 0 N–H and O–H groups in total. The molecule has 3 heteroatoms. The maximum atomic E-state index is 12.0. The second-order valence-electron chi connectivity index (χ2n) is 5.78. The van der Waals surface area contributed by atoms with Crippen molar-refractivity contribution in [2.45, 2.75) is 13.5 Å². The molecule has 0 bridgehead atoms. The number of aromatic nitrogens is 1. The molecule has 124 valence electrons. The van der Waals surface area contributed by atoms with Crippen LogP contribution in [0.2, 0.25) is 0 Å². The van der Waals surface area contributed by atoms with Crippen LogP contribution in [0.4, 0.5) is 0 Å². The summed E-state index contributed by atoms with van der Waals surface area (Å²) < 4.78 is 5.78. The Morgan fingerprint density at radius 1 is 1.04 bits per heavy atom.